The van der Waals surface area contributed by atoms with Crippen LogP contribution in [0.25, 0.3) is 0 Å². The Bertz CT molecular complexity index is 475. The number of hydrogen-bond acceptors (Lipinski definition) is 1. The second-order valence-corrected chi connectivity index (χ2v) is 7.81. The Kier molecular flexibility index (Phi) is 5.08. The van der Waals surface area contributed by atoms with Crippen LogP contribution in [-0.4, -0.2) is 13.1 Å². The van der Waals surface area contributed by atoms with E-state index in [0.717, 1.165) is 17.9 Å². The van der Waals surface area contributed by atoms with Crippen LogP contribution in [0.1, 0.15) is 51.2 Å². The van der Waals surface area contributed by atoms with Gasteiger partial charge in [0.25, 0.3) is 0 Å². The molecule has 1 nitrogen and oxygen atoms in total. The van der Waals surface area contributed by atoms with Crippen molar-refractivity contribution in [1.29, 1.82) is 0 Å². The lowest BCUT2D eigenvalue weighted by molar-refractivity contribution is 0.116. The van der Waals surface area contributed by atoms with Gasteiger partial charge in [0.2, 0.25) is 0 Å². The molecule has 3 unspecified atom stereocenters. The number of benzene rings is 1. The maximum Gasteiger partial charge on any atom is 0.123 e. The fraction of sp³-hybridized carbons (Fsp3) is 0.684. The topological polar surface area (TPSA) is 12.0 Å². The predicted octanol–water partition coefficient (Wildman–Crippen LogP) is 4.73. The van der Waals surface area contributed by atoms with E-state index in [4.69, 9.17) is 0 Å². The fourth-order valence-corrected chi connectivity index (χ4v) is 3.83. The number of hydrogen-bond donors (Lipinski definition) is 1. The van der Waals surface area contributed by atoms with Crippen molar-refractivity contribution in [3.05, 3.63) is 35.1 Å². The van der Waals surface area contributed by atoms with Crippen LogP contribution in [0.2, 0.25) is 0 Å². The molecule has 2 heteroatoms. The van der Waals surface area contributed by atoms with Crippen molar-refractivity contribution < 1.29 is 4.39 Å². The highest BCUT2D eigenvalue weighted by Gasteiger charge is 2.35. The molecular weight excluding hydrogens is 261 g/mol. The third kappa shape index (κ3) is 4.06. The first-order valence-electron chi connectivity index (χ1n) is 8.23. The molecule has 1 N–H and O–H groups in total. The summed E-state index contributed by atoms with van der Waals surface area (Å²) in [7, 11) is 2.08. The van der Waals surface area contributed by atoms with Gasteiger partial charge in [0.05, 0.1) is 0 Å². The van der Waals surface area contributed by atoms with Crippen molar-refractivity contribution in [3.8, 4) is 0 Å². The molecule has 1 fully saturated rings. The van der Waals surface area contributed by atoms with E-state index in [1.807, 2.05) is 13.0 Å². The van der Waals surface area contributed by atoms with Crippen molar-refractivity contribution >= 4 is 0 Å². The second-order valence-electron chi connectivity index (χ2n) is 7.81. The number of aryl methyl sites for hydroxylation is 1. The van der Waals surface area contributed by atoms with Crippen molar-refractivity contribution in [2.75, 3.05) is 7.05 Å². The molecule has 0 spiro atoms. The molecule has 1 saturated carbocycles. The van der Waals surface area contributed by atoms with E-state index in [1.165, 1.54) is 24.8 Å². The Labute approximate surface area is 129 Å². The zero-order chi connectivity index (χ0) is 15.6. The molecule has 0 aromatic heterocycles. The molecular formula is C19H30FN. The minimum absolute atomic E-state index is 0.127. The largest absolute Gasteiger partial charge is 0.317 e. The average Bonchev–Trinajstić information content (AvgIpc) is 2.41. The Balaban J connectivity index is 2.14. The molecule has 0 radical (unpaired) electrons. The Morgan fingerprint density at radius 1 is 1.24 bits per heavy atom. The van der Waals surface area contributed by atoms with Crippen molar-refractivity contribution in [3.63, 3.8) is 0 Å². The van der Waals surface area contributed by atoms with Crippen molar-refractivity contribution in [2.24, 2.45) is 17.3 Å². The third-order valence-corrected chi connectivity index (χ3v) is 5.36. The summed E-state index contributed by atoms with van der Waals surface area (Å²) >= 11 is 0. The fourth-order valence-electron chi connectivity index (χ4n) is 3.83. The second kappa shape index (κ2) is 6.48. The van der Waals surface area contributed by atoms with Gasteiger partial charge in [-0.1, -0.05) is 26.8 Å². The van der Waals surface area contributed by atoms with Crippen LogP contribution in [0.4, 0.5) is 4.39 Å². The molecule has 1 aromatic carbocycles. The van der Waals surface area contributed by atoms with Crippen LogP contribution in [0.5, 0.6) is 0 Å². The summed E-state index contributed by atoms with van der Waals surface area (Å²) in [6, 6.07) is 5.82. The SMILES string of the molecule is CNC1CCC(C(C)(C)C)CC1Cc1ccc(F)cc1C. The predicted molar refractivity (Wildman–Crippen MR) is 88.0 cm³/mol. The summed E-state index contributed by atoms with van der Waals surface area (Å²) in [5.74, 6) is 1.31. The van der Waals surface area contributed by atoms with Crippen LogP contribution in [0.3, 0.4) is 0 Å². The van der Waals surface area contributed by atoms with Gasteiger partial charge in [-0.15, -0.1) is 0 Å². The summed E-state index contributed by atoms with van der Waals surface area (Å²) < 4.78 is 13.3. The molecule has 0 aliphatic heterocycles. The molecule has 0 bridgehead atoms. The van der Waals surface area contributed by atoms with Gasteiger partial charge in [-0.2, -0.15) is 0 Å². The first-order chi connectivity index (χ1) is 9.81. The highest BCUT2D eigenvalue weighted by atomic mass is 19.1. The van der Waals surface area contributed by atoms with Gasteiger partial charge in [-0.25, -0.2) is 4.39 Å². The maximum absolute atomic E-state index is 13.3. The van der Waals surface area contributed by atoms with Crippen LogP contribution in [0.15, 0.2) is 18.2 Å². The molecule has 118 valence electrons. The standard InChI is InChI=1S/C19H30FN/c1-13-10-17(20)8-6-14(13)11-15-12-16(19(2,3)4)7-9-18(15)21-5/h6,8,10,15-16,18,21H,7,9,11-12H2,1-5H3. The Morgan fingerprint density at radius 3 is 2.52 bits per heavy atom. The first-order valence-corrected chi connectivity index (χ1v) is 8.23. The zero-order valence-electron chi connectivity index (χ0n) is 14.2. The lowest BCUT2D eigenvalue weighted by Crippen LogP contribution is -2.42. The van der Waals surface area contributed by atoms with E-state index in [2.05, 4.69) is 33.1 Å². The van der Waals surface area contributed by atoms with E-state index in [0.29, 0.717) is 17.4 Å². The molecule has 21 heavy (non-hydrogen) atoms. The number of halogens is 1. The molecule has 0 saturated heterocycles. The van der Waals surface area contributed by atoms with Gasteiger partial charge in [0, 0.05) is 6.04 Å². The summed E-state index contributed by atoms with van der Waals surface area (Å²) in [6.07, 6.45) is 4.90. The monoisotopic (exact) mass is 291 g/mol. The van der Waals surface area contributed by atoms with Crippen molar-refractivity contribution in [2.45, 2.75) is 59.4 Å². The van der Waals surface area contributed by atoms with Crippen LogP contribution in [-0.2, 0) is 6.42 Å². The third-order valence-electron chi connectivity index (χ3n) is 5.36. The number of rotatable bonds is 3. The summed E-state index contributed by atoms with van der Waals surface area (Å²) in [4.78, 5) is 0. The maximum atomic E-state index is 13.3. The summed E-state index contributed by atoms with van der Waals surface area (Å²) in [5.41, 5.74) is 2.77. The molecule has 0 heterocycles. The van der Waals surface area contributed by atoms with Gasteiger partial charge in [0.15, 0.2) is 0 Å². The normalized spacial score (nSPS) is 26.9. The van der Waals surface area contributed by atoms with E-state index < -0.39 is 0 Å². The van der Waals surface area contributed by atoms with Crippen LogP contribution in [0, 0.1) is 30.0 Å². The number of nitrogens with one attached hydrogen (secondary N) is 1. The smallest absolute Gasteiger partial charge is 0.123 e. The molecule has 3 atom stereocenters. The van der Waals surface area contributed by atoms with Gasteiger partial charge >= 0.3 is 0 Å². The molecule has 1 aliphatic rings. The highest BCUT2D eigenvalue weighted by molar-refractivity contribution is 5.27. The van der Waals surface area contributed by atoms with E-state index in [1.54, 1.807) is 12.1 Å². The van der Waals surface area contributed by atoms with Crippen LogP contribution < -0.4 is 5.32 Å². The summed E-state index contributed by atoms with van der Waals surface area (Å²) in [5, 5.41) is 3.50. The molecule has 1 aliphatic carbocycles. The highest BCUT2D eigenvalue weighted by Crippen LogP contribution is 2.41. The first kappa shape index (κ1) is 16.5. The van der Waals surface area contributed by atoms with Gasteiger partial charge in [-0.3, -0.25) is 0 Å². The van der Waals surface area contributed by atoms with E-state index in [9.17, 15) is 4.39 Å². The van der Waals surface area contributed by atoms with Gasteiger partial charge < -0.3 is 5.32 Å². The lowest BCUT2D eigenvalue weighted by atomic mass is 9.66. The zero-order valence-corrected chi connectivity index (χ0v) is 14.2. The van der Waals surface area contributed by atoms with E-state index >= 15 is 0 Å². The molecule has 0 amide bonds. The average molecular weight is 291 g/mol. The van der Waals surface area contributed by atoms with Crippen LogP contribution >= 0.6 is 0 Å². The summed E-state index contributed by atoms with van der Waals surface area (Å²) in [6.45, 7) is 9.10. The Hall–Kier alpha value is -0.890. The van der Waals surface area contributed by atoms with Crippen molar-refractivity contribution in [1.82, 2.24) is 5.32 Å². The molecule has 2 rings (SSSR count). The van der Waals surface area contributed by atoms with Gasteiger partial charge in [-0.05, 0) is 80.2 Å². The quantitative estimate of drug-likeness (QED) is 0.849. The lowest BCUT2D eigenvalue weighted by Gasteiger charge is -2.42. The minimum Gasteiger partial charge on any atom is -0.317 e. The Morgan fingerprint density at radius 2 is 1.95 bits per heavy atom. The minimum atomic E-state index is -0.127. The van der Waals surface area contributed by atoms with Gasteiger partial charge in [0.1, 0.15) is 5.82 Å². The molecule has 1 aromatic rings. The van der Waals surface area contributed by atoms with E-state index in [-0.39, 0.29) is 5.82 Å².